The maximum atomic E-state index is 8.46. The van der Waals surface area contributed by atoms with Crippen LogP contribution in [0.5, 0.6) is 0 Å². The molecule has 3 aromatic heterocycles. The number of hydrogen-bond donors (Lipinski definition) is 0. The third-order valence-corrected chi connectivity index (χ3v) is 17.6. The molecule has 16 rings (SSSR count). The number of benzene rings is 11. The Balaban J connectivity index is 0.921. The quantitative estimate of drug-likeness (QED) is 0.141. The van der Waals surface area contributed by atoms with Gasteiger partial charge in [-0.15, -0.1) is 0 Å². The Morgan fingerprint density at radius 3 is 1.44 bits per heavy atom. The van der Waals surface area contributed by atoms with E-state index in [2.05, 4.69) is 272 Å². The third-order valence-electron chi connectivity index (χ3n) is 17.6. The molecule has 87 heavy (non-hydrogen) atoms. The fraction of sp³-hybridized carbons (Fsp3) is 0.0658. The summed E-state index contributed by atoms with van der Waals surface area (Å²) in [7, 11) is 0. The molecular formula is C76H59B3N8. The molecule has 1 aliphatic heterocycles. The Hall–Kier alpha value is -10.6. The molecule has 0 unspecified atom stereocenters. The molecule has 1 fully saturated rings. The van der Waals surface area contributed by atoms with Gasteiger partial charge in [-0.25, -0.2) is 19.5 Å². The predicted molar refractivity (Wildman–Crippen MR) is 365 cm³/mol. The zero-order valence-electron chi connectivity index (χ0n) is 51.4. The van der Waals surface area contributed by atoms with Crippen LogP contribution in [0.1, 0.15) is 36.0 Å². The van der Waals surface area contributed by atoms with E-state index in [1.54, 1.807) is 12.1 Å². The van der Waals surface area contributed by atoms with E-state index in [1.807, 2.05) is 45.5 Å². The number of nitrogens with zero attached hydrogens (tertiary/aromatic N) is 8. The van der Waals surface area contributed by atoms with Crippen molar-refractivity contribution in [2.75, 3.05) is 14.2 Å². The summed E-state index contributed by atoms with van der Waals surface area (Å²) in [6.07, 6.45) is 1.95. The SMILES string of the molecule is [2H]C([2H])([2H])c1cccc2c1nc1n(-c3ncc4c(n3)-c3ccccc3-c3cc(-c5cc(B6N(c7ccccc7)B(c7ccccc7)N(c7ccccc7)B(c7ccccc7)N6c6ccccc6)ccc5C(C)(C)C)ccc3-c3ccccc3-4)c3ccccc3n21. The van der Waals surface area contributed by atoms with Crippen molar-refractivity contribution in [1.29, 1.82) is 0 Å². The first-order valence-electron chi connectivity index (χ1n) is 31.3. The average molecular weight is 1120 g/mol. The molecule has 0 spiro atoms. The van der Waals surface area contributed by atoms with Crippen molar-refractivity contribution in [2.45, 2.75) is 33.0 Å². The van der Waals surface area contributed by atoms with Crippen LogP contribution in [-0.2, 0) is 5.41 Å². The van der Waals surface area contributed by atoms with Gasteiger partial charge in [0.15, 0.2) is 0 Å². The maximum absolute atomic E-state index is 8.46. The number of anilines is 3. The molecule has 0 saturated carbocycles. The minimum atomic E-state index is -2.37. The number of rotatable bonds is 8. The van der Waals surface area contributed by atoms with Crippen molar-refractivity contribution in [3.05, 3.63) is 296 Å². The number of aromatic nitrogens is 5. The van der Waals surface area contributed by atoms with Gasteiger partial charge in [0, 0.05) is 38.5 Å². The topological polar surface area (TPSA) is 57.7 Å². The van der Waals surface area contributed by atoms with Crippen molar-refractivity contribution >= 4 is 82.2 Å². The number of fused-ring (bicyclic) bond motifs is 13. The summed E-state index contributed by atoms with van der Waals surface area (Å²) in [5, 5.41) is 0. The second-order valence-electron chi connectivity index (χ2n) is 23.8. The molecule has 0 radical (unpaired) electrons. The lowest BCUT2D eigenvalue weighted by Crippen LogP contribution is -2.86. The summed E-state index contributed by atoms with van der Waals surface area (Å²) in [6, 6.07) is 99.8. The van der Waals surface area contributed by atoms with Gasteiger partial charge in [-0.1, -0.05) is 239 Å². The number of hydrogen-bond acceptors (Lipinski definition) is 6. The molecule has 14 aromatic rings. The fourth-order valence-electron chi connectivity index (χ4n) is 13.8. The molecule has 0 amide bonds. The van der Waals surface area contributed by atoms with E-state index in [0.29, 0.717) is 22.8 Å². The number of para-hydroxylation sites is 6. The Morgan fingerprint density at radius 1 is 0.379 bits per heavy atom. The molecule has 412 valence electrons. The minimum absolute atomic E-state index is 0.198. The molecule has 0 atom stereocenters. The monoisotopic (exact) mass is 1120 g/mol. The van der Waals surface area contributed by atoms with Crippen LogP contribution in [0.25, 0.3) is 89.6 Å². The lowest BCUT2D eigenvalue weighted by molar-refractivity contribution is 0.592. The molecule has 4 heterocycles. The Labute approximate surface area is 512 Å². The number of aryl methyl sites for hydroxylation is 1. The van der Waals surface area contributed by atoms with Crippen molar-refractivity contribution < 1.29 is 4.11 Å². The van der Waals surface area contributed by atoms with Gasteiger partial charge in [0.25, 0.3) is 0 Å². The summed E-state index contributed by atoms with van der Waals surface area (Å²) >= 11 is 0. The van der Waals surface area contributed by atoms with Gasteiger partial charge < -0.3 is 14.2 Å². The summed E-state index contributed by atoms with van der Waals surface area (Å²) in [5.41, 5.74) is 21.0. The summed E-state index contributed by atoms with van der Waals surface area (Å²) in [6.45, 7) is 3.67. The van der Waals surface area contributed by atoms with Crippen molar-refractivity contribution in [3.8, 4) is 61.7 Å². The molecule has 0 bridgehead atoms. The van der Waals surface area contributed by atoms with Crippen LogP contribution < -0.4 is 30.6 Å². The smallest absolute Gasteiger partial charge is 0.388 e. The van der Waals surface area contributed by atoms with E-state index in [0.717, 1.165) is 89.3 Å². The minimum Gasteiger partial charge on any atom is -0.416 e. The summed E-state index contributed by atoms with van der Waals surface area (Å²) < 4.78 is 37.2. The van der Waals surface area contributed by atoms with Gasteiger partial charge >= 0.3 is 20.9 Å². The molecule has 1 aliphatic carbocycles. The van der Waals surface area contributed by atoms with Crippen LogP contribution in [0.15, 0.2) is 285 Å². The van der Waals surface area contributed by atoms with E-state index in [1.165, 1.54) is 16.5 Å². The Bertz CT molecular complexity index is 4950. The lowest BCUT2D eigenvalue weighted by atomic mass is 9.37. The standard InChI is InChI=1S/C76H59B3N8/c1-52-27-26-44-71-72(52)82-75-83(71)69-42-24-25-43-70(69)84(75)74-80-51-67-61-39-21-20-38-60(61)63-47-45-53(49-66(63)62-40-22-23-41-64(62)73(67)81-74)65-50-56(46-48-68(65)76(2,3)4)79-86(58-34-16-8-17-35-58)77(54-28-10-5-11-29-54)85(57-32-14-7-15-33-57)78(55-30-12-6-13-31-55)87(79)59-36-18-9-19-37-59/h5-51H,1-4H3/i1D3. The maximum Gasteiger partial charge on any atom is 0.388 e. The second kappa shape index (κ2) is 20.9. The van der Waals surface area contributed by atoms with Crippen molar-refractivity contribution in [2.24, 2.45) is 0 Å². The number of imidazole rings is 2. The highest BCUT2D eigenvalue weighted by molar-refractivity contribution is 7.14. The van der Waals surface area contributed by atoms with Gasteiger partial charge in [0.2, 0.25) is 11.7 Å². The lowest BCUT2D eigenvalue weighted by Gasteiger charge is -2.57. The highest BCUT2D eigenvalue weighted by atomic mass is 15.3. The van der Waals surface area contributed by atoms with Crippen molar-refractivity contribution in [3.63, 3.8) is 0 Å². The first-order chi connectivity index (χ1) is 44.0. The zero-order valence-corrected chi connectivity index (χ0v) is 48.4. The first-order valence-corrected chi connectivity index (χ1v) is 29.8. The van der Waals surface area contributed by atoms with Gasteiger partial charge in [-0.05, 0) is 139 Å². The van der Waals surface area contributed by atoms with E-state index in [-0.39, 0.29) is 31.9 Å². The Morgan fingerprint density at radius 2 is 0.862 bits per heavy atom. The summed E-state index contributed by atoms with van der Waals surface area (Å²) in [5.74, 6) is 0.952. The molecule has 1 saturated heterocycles. The highest BCUT2D eigenvalue weighted by Crippen LogP contribution is 2.49. The molecule has 2 aliphatic rings. The second-order valence-corrected chi connectivity index (χ2v) is 23.8. The average Bonchev–Trinajstić information content (AvgIpc) is 1.31. The van der Waals surface area contributed by atoms with Crippen LogP contribution in [-0.4, -0.2) is 44.9 Å². The van der Waals surface area contributed by atoms with Gasteiger partial charge in [0.1, 0.15) is 0 Å². The Kier molecular flexibility index (Phi) is 11.7. The van der Waals surface area contributed by atoms with E-state index < -0.39 is 6.85 Å². The summed E-state index contributed by atoms with van der Waals surface area (Å²) in [4.78, 5) is 15.9. The van der Waals surface area contributed by atoms with E-state index >= 15 is 0 Å². The molecule has 11 heteroatoms. The first kappa shape index (κ1) is 48.7. The molecular weight excluding hydrogens is 1060 g/mol. The predicted octanol–water partition coefficient (Wildman–Crippen LogP) is 15.5. The molecule has 0 N–H and O–H groups in total. The fourth-order valence-corrected chi connectivity index (χ4v) is 13.8. The van der Waals surface area contributed by atoms with Gasteiger partial charge in [-0.3, -0.25) is 4.40 Å². The normalized spacial score (nSPS) is 13.8. The van der Waals surface area contributed by atoms with Gasteiger partial charge in [0.05, 0.1) is 27.8 Å². The van der Waals surface area contributed by atoms with Crippen LogP contribution in [0.3, 0.4) is 0 Å². The highest BCUT2D eigenvalue weighted by Gasteiger charge is 2.56. The third kappa shape index (κ3) is 8.59. The van der Waals surface area contributed by atoms with E-state index in [4.69, 9.17) is 19.1 Å². The van der Waals surface area contributed by atoms with Crippen LogP contribution >= 0.6 is 0 Å². The molecule has 11 aromatic carbocycles. The molecule has 8 nitrogen and oxygen atoms in total. The van der Waals surface area contributed by atoms with Crippen LogP contribution in [0.2, 0.25) is 0 Å². The largest absolute Gasteiger partial charge is 0.416 e. The van der Waals surface area contributed by atoms with Crippen LogP contribution in [0.4, 0.5) is 17.1 Å². The van der Waals surface area contributed by atoms with E-state index in [9.17, 15) is 0 Å². The van der Waals surface area contributed by atoms with Crippen LogP contribution in [0, 0.1) is 6.85 Å². The van der Waals surface area contributed by atoms with Gasteiger partial charge in [-0.2, -0.15) is 0 Å². The zero-order chi connectivity index (χ0) is 60.8. The van der Waals surface area contributed by atoms with Crippen molar-refractivity contribution in [1.82, 2.24) is 23.9 Å².